The molecule has 1 aromatic heterocycles. The molecule has 1 saturated carbocycles. The fourth-order valence-corrected chi connectivity index (χ4v) is 6.84. The van der Waals surface area contributed by atoms with E-state index < -0.39 is 0 Å². The molecule has 6 rings (SSSR count). The van der Waals surface area contributed by atoms with E-state index in [-0.39, 0.29) is 36.0 Å². The van der Waals surface area contributed by atoms with Crippen LogP contribution in [0.2, 0.25) is 0 Å². The first-order valence-corrected chi connectivity index (χ1v) is 14.3. The molecule has 3 N–H and O–H groups in total. The number of benzene rings is 2. The van der Waals surface area contributed by atoms with E-state index >= 15 is 0 Å². The highest BCUT2D eigenvalue weighted by atomic mass is 16.2. The molecule has 1 saturated heterocycles. The van der Waals surface area contributed by atoms with Gasteiger partial charge in [0.05, 0.1) is 18.0 Å². The molecule has 202 valence electrons. The summed E-state index contributed by atoms with van der Waals surface area (Å²) < 4.78 is 0. The number of carbonyl (C=O) groups excluding carboxylic acids is 2. The van der Waals surface area contributed by atoms with E-state index in [0.29, 0.717) is 18.9 Å². The lowest BCUT2D eigenvalue weighted by Crippen LogP contribution is -2.52. The summed E-state index contributed by atoms with van der Waals surface area (Å²) in [5, 5.41) is 9.90. The maximum absolute atomic E-state index is 14.2. The SMILES string of the molecule is O=C(NCCc1ccccn1)N[C@@H]1CCCC[C@@H]1C(=O)N1CC[C@H]2[C@H](c3ccccc3)Nc3ccccc3[C@@H]21. The number of nitrogens with one attached hydrogen (secondary N) is 3. The number of nitrogens with zero attached hydrogens (tertiary/aromatic N) is 2. The summed E-state index contributed by atoms with van der Waals surface area (Å²) in [7, 11) is 0. The smallest absolute Gasteiger partial charge is 0.315 e. The number of likely N-dealkylation sites (tertiary alicyclic amines) is 1. The van der Waals surface area contributed by atoms with Crippen LogP contribution in [0.25, 0.3) is 0 Å². The van der Waals surface area contributed by atoms with Crippen LogP contribution in [-0.2, 0) is 11.2 Å². The van der Waals surface area contributed by atoms with Gasteiger partial charge in [-0.3, -0.25) is 9.78 Å². The summed E-state index contributed by atoms with van der Waals surface area (Å²) in [6.45, 7) is 1.25. The molecule has 39 heavy (non-hydrogen) atoms. The van der Waals surface area contributed by atoms with Gasteiger partial charge in [0.25, 0.3) is 0 Å². The highest BCUT2D eigenvalue weighted by Gasteiger charge is 2.48. The van der Waals surface area contributed by atoms with Gasteiger partial charge in [-0.25, -0.2) is 4.79 Å². The van der Waals surface area contributed by atoms with E-state index in [4.69, 9.17) is 0 Å². The van der Waals surface area contributed by atoms with Crippen LogP contribution in [0.15, 0.2) is 79.0 Å². The minimum atomic E-state index is -0.203. The number of aromatic nitrogens is 1. The van der Waals surface area contributed by atoms with Crippen LogP contribution >= 0.6 is 0 Å². The molecule has 0 unspecified atom stereocenters. The van der Waals surface area contributed by atoms with E-state index in [9.17, 15) is 9.59 Å². The van der Waals surface area contributed by atoms with Crippen molar-refractivity contribution >= 4 is 17.6 Å². The third-order valence-corrected chi connectivity index (χ3v) is 8.70. The van der Waals surface area contributed by atoms with Gasteiger partial charge < -0.3 is 20.9 Å². The zero-order valence-electron chi connectivity index (χ0n) is 22.3. The average Bonchev–Trinajstić information content (AvgIpc) is 3.43. The molecule has 3 amide bonds. The van der Waals surface area contributed by atoms with E-state index in [0.717, 1.165) is 50.0 Å². The van der Waals surface area contributed by atoms with Crippen LogP contribution in [0, 0.1) is 11.8 Å². The normalized spacial score (nSPS) is 25.6. The van der Waals surface area contributed by atoms with Gasteiger partial charge in [-0.15, -0.1) is 0 Å². The number of hydrogen-bond donors (Lipinski definition) is 3. The molecule has 7 heteroatoms. The lowest BCUT2D eigenvalue weighted by Gasteiger charge is -2.42. The Morgan fingerprint density at radius 2 is 1.72 bits per heavy atom. The summed E-state index contributed by atoms with van der Waals surface area (Å²) >= 11 is 0. The third kappa shape index (κ3) is 5.35. The van der Waals surface area contributed by atoms with Gasteiger partial charge in [0.1, 0.15) is 0 Å². The second kappa shape index (κ2) is 11.5. The van der Waals surface area contributed by atoms with Gasteiger partial charge >= 0.3 is 6.03 Å². The van der Waals surface area contributed by atoms with E-state index in [1.54, 1.807) is 6.20 Å². The fourth-order valence-electron chi connectivity index (χ4n) is 6.84. The number of fused-ring (bicyclic) bond motifs is 3. The van der Waals surface area contributed by atoms with Crippen LogP contribution in [0.4, 0.5) is 10.5 Å². The van der Waals surface area contributed by atoms with Gasteiger partial charge in [-0.2, -0.15) is 0 Å². The molecule has 0 radical (unpaired) electrons. The van der Waals surface area contributed by atoms with Crippen molar-refractivity contribution in [1.82, 2.24) is 20.5 Å². The standard InChI is InChI=1S/C32H37N5O2/c38-31(25-14-5-7-16-28(25)36-32(39)34-20-17-23-12-8-9-19-33-23)37-21-18-26-29(22-10-2-1-3-11-22)35-27-15-6-4-13-24(27)30(26)37/h1-4,6,8-13,15,19,25-26,28-30,35H,5,7,14,16-18,20-21H2,(H2,34,36,39)/t25-,26-,28+,29-,30-/m0/s1. The Labute approximate surface area is 230 Å². The first-order valence-electron chi connectivity index (χ1n) is 14.3. The molecule has 3 aromatic rings. The van der Waals surface area contributed by atoms with E-state index in [1.165, 1.54) is 11.1 Å². The first kappa shape index (κ1) is 25.4. The Morgan fingerprint density at radius 3 is 2.56 bits per heavy atom. The number of para-hydroxylation sites is 1. The second-order valence-corrected chi connectivity index (χ2v) is 11.0. The lowest BCUT2D eigenvalue weighted by molar-refractivity contribution is -0.138. The van der Waals surface area contributed by atoms with Gasteiger partial charge in [-0.05, 0) is 48.6 Å². The number of hydrogen-bond acceptors (Lipinski definition) is 4. The molecule has 3 aliphatic rings. The van der Waals surface area contributed by atoms with Crippen molar-refractivity contribution in [2.24, 2.45) is 11.8 Å². The molecule has 2 aromatic carbocycles. The van der Waals surface area contributed by atoms with Crippen molar-refractivity contribution < 1.29 is 9.59 Å². The number of rotatable bonds is 6. The van der Waals surface area contributed by atoms with Crippen molar-refractivity contribution in [3.8, 4) is 0 Å². The summed E-state index contributed by atoms with van der Waals surface area (Å²) in [4.78, 5) is 33.5. The van der Waals surface area contributed by atoms with Gasteiger partial charge in [0, 0.05) is 49.0 Å². The molecule has 0 bridgehead atoms. The van der Waals surface area contributed by atoms with Crippen molar-refractivity contribution in [2.45, 2.75) is 56.7 Å². The van der Waals surface area contributed by atoms with Crippen LogP contribution in [0.3, 0.4) is 0 Å². The van der Waals surface area contributed by atoms with Crippen molar-refractivity contribution in [3.63, 3.8) is 0 Å². The van der Waals surface area contributed by atoms with Crippen molar-refractivity contribution in [2.75, 3.05) is 18.4 Å². The Kier molecular flexibility index (Phi) is 7.48. The summed E-state index contributed by atoms with van der Waals surface area (Å²) in [6.07, 6.45) is 7.08. The van der Waals surface area contributed by atoms with Gasteiger partial charge in [-0.1, -0.05) is 67.4 Å². The van der Waals surface area contributed by atoms with Crippen LogP contribution < -0.4 is 16.0 Å². The van der Waals surface area contributed by atoms with Crippen LogP contribution in [0.5, 0.6) is 0 Å². The van der Waals surface area contributed by atoms with E-state index in [2.05, 4.69) is 74.4 Å². The largest absolute Gasteiger partial charge is 0.378 e. The number of urea groups is 1. The van der Waals surface area contributed by atoms with Gasteiger partial charge in [0.15, 0.2) is 0 Å². The minimum Gasteiger partial charge on any atom is -0.378 e. The number of pyridine rings is 1. The molecular weight excluding hydrogens is 486 g/mol. The highest BCUT2D eigenvalue weighted by molar-refractivity contribution is 5.83. The minimum absolute atomic E-state index is 0.0370. The topological polar surface area (TPSA) is 86.4 Å². The summed E-state index contributed by atoms with van der Waals surface area (Å²) in [5.41, 5.74) is 4.52. The Bertz CT molecular complexity index is 1280. The maximum atomic E-state index is 14.2. The predicted octanol–water partition coefficient (Wildman–Crippen LogP) is 5.24. The zero-order valence-corrected chi connectivity index (χ0v) is 22.3. The predicted molar refractivity (Wildman–Crippen MR) is 152 cm³/mol. The number of amides is 3. The second-order valence-electron chi connectivity index (χ2n) is 11.0. The monoisotopic (exact) mass is 523 g/mol. The first-order chi connectivity index (χ1) is 19.2. The Balaban J connectivity index is 1.17. The molecule has 5 atom stereocenters. The van der Waals surface area contributed by atoms with Crippen molar-refractivity contribution in [1.29, 1.82) is 0 Å². The van der Waals surface area contributed by atoms with Gasteiger partial charge in [0.2, 0.25) is 5.91 Å². The van der Waals surface area contributed by atoms with Crippen molar-refractivity contribution in [3.05, 3.63) is 95.8 Å². The van der Waals surface area contributed by atoms with E-state index in [1.807, 2.05) is 24.3 Å². The maximum Gasteiger partial charge on any atom is 0.315 e. The molecule has 0 spiro atoms. The lowest BCUT2D eigenvalue weighted by atomic mass is 9.79. The molecule has 2 aliphatic heterocycles. The third-order valence-electron chi connectivity index (χ3n) is 8.70. The van der Waals surface area contributed by atoms with Crippen LogP contribution in [0.1, 0.15) is 61.0 Å². The number of carbonyl (C=O) groups is 2. The zero-order chi connectivity index (χ0) is 26.6. The highest BCUT2D eigenvalue weighted by Crippen LogP contribution is 2.51. The molecule has 2 fully saturated rings. The summed E-state index contributed by atoms with van der Waals surface area (Å²) in [6, 6.07) is 24.6. The van der Waals surface area contributed by atoms with Crippen LogP contribution in [-0.4, -0.2) is 41.0 Å². The summed E-state index contributed by atoms with van der Waals surface area (Å²) in [5.74, 6) is 0.289. The quantitative estimate of drug-likeness (QED) is 0.413. The molecule has 1 aliphatic carbocycles. The molecular formula is C32H37N5O2. The molecule has 7 nitrogen and oxygen atoms in total. The Morgan fingerprint density at radius 1 is 0.923 bits per heavy atom. The average molecular weight is 524 g/mol. The number of anilines is 1. The fraction of sp³-hybridized carbons (Fsp3) is 0.406. The molecule has 3 heterocycles. The Hall–Kier alpha value is -3.87.